The van der Waals surface area contributed by atoms with Crippen molar-refractivity contribution in [1.82, 2.24) is 9.88 Å². The fraction of sp³-hybridized carbons (Fsp3) is 0.250. The molecule has 1 heterocycles. The van der Waals surface area contributed by atoms with Crippen LogP contribution >= 0.6 is 23.1 Å². The van der Waals surface area contributed by atoms with E-state index in [2.05, 4.69) is 10.3 Å². The van der Waals surface area contributed by atoms with Crippen LogP contribution in [-0.2, 0) is 9.53 Å². The van der Waals surface area contributed by atoms with Crippen molar-refractivity contribution in [1.29, 1.82) is 0 Å². The first kappa shape index (κ1) is 26.6. The molecule has 0 saturated carbocycles. The zero-order valence-electron chi connectivity index (χ0n) is 20.9. The van der Waals surface area contributed by atoms with Crippen molar-refractivity contribution in [3.8, 4) is 11.1 Å². The Hall–Kier alpha value is -3.43. The van der Waals surface area contributed by atoms with Crippen LogP contribution in [0.4, 0.5) is 9.52 Å². The largest absolute Gasteiger partial charge is 0.467 e. The summed E-state index contributed by atoms with van der Waals surface area (Å²) in [6.07, 6.45) is 2.38. The third-order valence-electron chi connectivity index (χ3n) is 6.05. The van der Waals surface area contributed by atoms with Crippen LogP contribution in [0, 0.1) is 12.7 Å². The fourth-order valence-corrected chi connectivity index (χ4v) is 5.49. The lowest BCUT2D eigenvalue weighted by atomic mass is 9.95. The summed E-state index contributed by atoms with van der Waals surface area (Å²) in [6.45, 7) is 2.03. The Morgan fingerprint density at radius 2 is 1.84 bits per heavy atom. The number of ether oxygens (including phenoxy) is 1. The number of hydrogen-bond acceptors (Lipinski definition) is 7. The van der Waals surface area contributed by atoms with Gasteiger partial charge in [-0.2, -0.15) is 11.8 Å². The number of esters is 1. The summed E-state index contributed by atoms with van der Waals surface area (Å²) in [5.41, 5.74) is 3.93. The number of hydrogen-bond donors (Lipinski definition) is 1. The molecule has 192 valence electrons. The van der Waals surface area contributed by atoms with Gasteiger partial charge in [0.1, 0.15) is 11.9 Å². The lowest BCUT2D eigenvalue weighted by molar-refractivity contribution is -0.146. The number of nitrogens with one attached hydrogen (secondary N) is 1. The number of rotatable bonds is 10. The topological polar surface area (TPSA) is 71.5 Å². The van der Waals surface area contributed by atoms with Crippen LogP contribution in [0.3, 0.4) is 0 Å². The van der Waals surface area contributed by atoms with Crippen LogP contribution in [0.15, 0.2) is 66.7 Å². The highest BCUT2D eigenvalue weighted by Crippen LogP contribution is 2.30. The van der Waals surface area contributed by atoms with Crippen molar-refractivity contribution in [3.63, 3.8) is 0 Å². The van der Waals surface area contributed by atoms with Crippen LogP contribution in [-0.4, -0.2) is 53.6 Å². The van der Waals surface area contributed by atoms with E-state index in [9.17, 15) is 14.0 Å². The van der Waals surface area contributed by atoms with E-state index in [0.29, 0.717) is 33.1 Å². The number of benzene rings is 3. The number of fused-ring (bicyclic) bond motifs is 1. The van der Waals surface area contributed by atoms with Crippen LogP contribution in [0.2, 0.25) is 0 Å². The van der Waals surface area contributed by atoms with Gasteiger partial charge in [-0.15, -0.1) is 0 Å². The Morgan fingerprint density at radius 1 is 1.11 bits per heavy atom. The van der Waals surface area contributed by atoms with E-state index in [1.807, 2.05) is 55.6 Å². The Bertz CT molecular complexity index is 1410. The standard InChI is InChI=1S/C28H28FN3O3S2/c1-18-8-4-5-9-20(18)21-10-6-7-11-22(21)26(33)32(24(14-15-36-3)27(34)35-2)17-30-28-31-23-13-12-19(29)16-25(23)37-28/h4-13,16,24H,14-15,17H2,1-3H3,(H,30,31)/t24-/m0/s1. The molecular formula is C28H28FN3O3S2. The van der Waals surface area contributed by atoms with Gasteiger partial charge >= 0.3 is 5.97 Å². The molecule has 0 spiro atoms. The van der Waals surface area contributed by atoms with Gasteiger partial charge in [-0.25, -0.2) is 14.2 Å². The van der Waals surface area contributed by atoms with Crippen molar-refractivity contribution in [3.05, 3.63) is 83.7 Å². The SMILES string of the molecule is COC(=O)[C@H](CCSC)N(CNc1nc2ccc(F)cc2s1)C(=O)c1ccccc1-c1ccccc1C. The lowest BCUT2D eigenvalue weighted by Crippen LogP contribution is -2.48. The molecule has 9 heteroatoms. The molecule has 0 unspecified atom stereocenters. The smallest absolute Gasteiger partial charge is 0.328 e. The molecule has 1 N–H and O–H groups in total. The summed E-state index contributed by atoms with van der Waals surface area (Å²) in [4.78, 5) is 33.0. The number of aryl methyl sites for hydroxylation is 1. The molecule has 6 nitrogen and oxygen atoms in total. The molecule has 0 saturated heterocycles. The maximum atomic E-state index is 14.1. The first-order valence-electron chi connectivity index (χ1n) is 11.8. The van der Waals surface area contributed by atoms with E-state index in [1.54, 1.807) is 23.9 Å². The van der Waals surface area contributed by atoms with E-state index in [1.165, 1.54) is 35.5 Å². The second-order valence-electron chi connectivity index (χ2n) is 8.42. The molecule has 0 aliphatic rings. The molecular weight excluding hydrogens is 509 g/mol. The maximum Gasteiger partial charge on any atom is 0.328 e. The minimum absolute atomic E-state index is 0.0252. The zero-order valence-corrected chi connectivity index (χ0v) is 22.5. The minimum Gasteiger partial charge on any atom is -0.467 e. The van der Waals surface area contributed by atoms with E-state index in [4.69, 9.17) is 4.74 Å². The molecule has 1 atom stereocenters. The molecule has 0 bridgehead atoms. The summed E-state index contributed by atoms with van der Waals surface area (Å²) in [5, 5.41) is 3.71. The predicted octanol–water partition coefficient (Wildman–Crippen LogP) is 6.22. The minimum atomic E-state index is -0.797. The van der Waals surface area contributed by atoms with Crippen LogP contribution in [0.25, 0.3) is 21.3 Å². The molecule has 3 aromatic carbocycles. The number of carbonyl (C=O) groups excluding carboxylic acids is 2. The molecule has 0 aliphatic carbocycles. The molecule has 1 aromatic heterocycles. The first-order chi connectivity index (χ1) is 17.9. The Balaban J connectivity index is 1.71. The molecule has 1 amide bonds. The first-order valence-corrected chi connectivity index (χ1v) is 14.0. The fourth-order valence-electron chi connectivity index (χ4n) is 4.15. The molecule has 4 aromatic rings. The number of amides is 1. The van der Waals surface area contributed by atoms with Gasteiger partial charge in [0.15, 0.2) is 5.13 Å². The van der Waals surface area contributed by atoms with Gasteiger partial charge in [0, 0.05) is 5.56 Å². The van der Waals surface area contributed by atoms with Crippen molar-refractivity contribution < 1.29 is 18.7 Å². The molecule has 0 aliphatic heterocycles. The highest BCUT2D eigenvalue weighted by atomic mass is 32.2. The zero-order chi connectivity index (χ0) is 26.4. The van der Waals surface area contributed by atoms with Gasteiger partial charge in [0.25, 0.3) is 5.91 Å². The van der Waals surface area contributed by atoms with E-state index in [-0.39, 0.29) is 18.4 Å². The highest BCUT2D eigenvalue weighted by Gasteiger charge is 2.32. The van der Waals surface area contributed by atoms with Crippen molar-refractivity contribution in [2.24, 2.45) is 0 Å². The summed E-state index contributed by atoms with van der Waals surface area (Å²) in [7, 11) is 1.33. The van der Waals surface area contributed by atoms with Crippen LogP contribution in [0.5, 0.6) is 0 Å². The number of anilines is 1. The maximum absolute atomic E-state index is 14.1. The molecule has 4 rings (SSSR count). The monoisotopic (exact) mass is 537 g/mol. The average Bonchev–Trinajstić information content (AvgIpc) is 3.32. The number of aromatic nitrogens is 1. The second-order valence-corrected chi connectivity index (χ2v) is 10.4. The van der Waals surface area contributed by atoms with E-state index >= 15 is 0 Å². The molecule has 0 fully saturated rings. The van der Waals surface area contributed by atoms with Crippen LogP contribution in [0.1, 0.15) is 22.3 Å². The van der Waals surface area contributed by atoms with Gasteiger partial charge < -0.3 is 15.0 Å². The summed E-state index contributed by atoms with van der Waals surface area (Å²) < 4.78 is 19.5. The van der Waals surface area contributed by atoms with Gasteiger partial charge in [-0.1, -0.05) is 53.8 Å². The van der Waals surface area contributed by atoms with E-state index in [0.717, 1.165) is 16.7 Å². The third kappa shape index (κ3) is 6.11. The van der Waals surface area contributed by atoms with Gasteiger partial charge in [-0.3, -0.25) is 4.79 Å². The number of methoxy groups -OCH3 is 1. The lowest BCUT2D eigenvalue weighted by Gasteiger charge is -2.31. The predicted molar refractivity (Wildman–Crippen MR) is 150 cm³/mol. The summed E-state index contributed by atoms with van der Waals surface area (Å²) in [5.74, 6) is -0.447. The highest BCUT2D eigenvalue weighted by molar-refractivity contribution is 7.98. The quantitative estimate of drug-likeness (QED) is 0.191. The van der Waals surface area contributed by atoms with Crippen molar-refractivity contribution >= 4 is 50.3 Å². The van der Waals surface area contributed by atoms with Crippen molar-refractivity contribution in [2.45, 2.75) is 19.4 Å². The number of thiazole rings is 1. The average molecular weight is 538 g/mol. The summed E-state index contributed by atoms with van der Waals surface area (Å²) in [6, 6.07) is 18.9. The Morgan fingerprint density at radius 3 is 2.57 bits per heavy atom. The number of halogens is 1. The number of nitrogens with zero attached hydrogens (tertiary/aromatic N) is 2. The van der Waals surface area contributed by atoms with Gasteiger partial charge in [0.2, 0.25) is 0 Å². The van der Waals surface area contributed by atoms with Gasteiger partial charge in [-0.05, 0) is 66.3 Å². The van der Waals surface area contributed by atoms with Crippen LogP contribution < -0.4 is 5.32 Å². The summed E-state index contributed by atoms with van der Waals surface area (Å²) >= 11 is 2.88. The number of thioether (sulfide) groups is 1. The Kier molecular flexibility index (Phi) is 8.78. The third-order valence-corrected chi connectivity index (χ3v) is 7.67. The number of carbonyl (C=O) groups is 2. The van der Waals surface area contributed by atoms with Gasteiger partial charge in [0.05, 0.1) is 24.0 Å². The molecule has 37 heavy (non-hydrogen) atoms. The van der Waals surface area contributed by atoms with Crippen molar-refractivity contribution in [2.75, 3.05) is 31.1 Å². The second kappa shape index (κ2) is 12.2. The Labute approximate surface area is 223 Å². The normalized spacial score (nSPS) is 11.8. The molecule has 0 radical (unpaired) electrons. The van der Waals surface area contributed by atoms with E-state index < -0.39 is 12.0 Å².